The van der Waals surface area contributed by atoms with E-state index >= 15 is 0 Å². The van der Waals surface area contributed by atoms with Gasteiger partial charge in [0.05, 0.1) is 25.3 Å². The minimum Gasteiger partial charge on any atom is -0.481 e. The largest absolute Gasteiger partial charge is 0.481 e. The number of benzene rings is 3. The van der Waals surface area contributed by atoms with E-state index in [0.29, 0.717) is 29.0 Å². The number of nitrogens with one attached hydrogen (secondary N) is 3. The van der Waals surface area contributed by atoms with Gasteiger partial charge in [0.2, 0.25) is 5.88 Å². The third-order valence-electron chi connectivity index (χ3n) is 9.52. The van der Waals surface area contributed by atoms with E-state index in [-0.39, 0.29) is 57.5 Å². The second kappa shape index (κ2) is 16.6. The maximum Gasteiger partial charge on any atom is 0.339 e. The predicted octanol–water partition coefficient (Wildman–Crippen LogP) is 7.82. The molecule has 4 rings (SSSR count). The molecule has 11 nitrogen and oxygen atoms in total. The molecule has 280 valence electrons. The van der Waals surface area contributed by atoms with E-state index in [9.17, 15) is 14.4 Å². The van der Waals surface area contributed by atoms with Crippen molar-refractivity contribution in [3.05, 3.63) is 113 Å². The molecule has 0 aliphatic heterocycles. The number of ether oxygens (including phenoxy) is 2. The number of carbonyl (C=O) groups is 3. The van der Waals surface area contributed by atoms with Gasteiger partial charge in [-0.3, -0.25) is 15.0 Å². The highest BCUT2D eigenvalue weighted by molar-refractivity contribution is 6.74. The molecule has 1 heterocycles. The van der Waals surface area contributed by atoms with Gasteiger partial charge in [0.25, 0.3) is 11.8 Å². The monoisotopic (exact) mass is 737 g/mol. The summed E-state index contributed by atoms with van der Waals surface area (Å²) in [5, 5.41) is 13.6. The Morgan fingerprint density at radius 3 is 2.06 bits per heavy atom. The summed E-state index contributed by atoms with van der Waals surface area (Å²) in [7, 11) is -0.674. The molecule has 0 bridgehead atoms. The van der Waals surface area contributed by atoms with Crippen molar-refractivity contribution in [1.82, 2.24) is 10.3 Å². The number of rotatable bonds is 13. The molecule has 5 N–H and O–H groups in total. The van der Waals surface area contributed by atoms with Gasteiger partial charge < -0.3 is 30.3 Å². The molecule has 12 heteroatoms. The van der Waals surface area contributed by atoms with Gasteiger partial charge in [-0.1, -0.05) is 77.9 Å². The molecule has 0 aliphatic carbocycles. The van der Waals surface area contributed by atoms with Crippen LogP contribution in [0.5, 0.6) is 5.88 Å². The van der Waals surface area contributed by atoms with Crippen molar-refractivity contribution >= 4 is 37.6 Å². The van der Waals surface area contributed by atoms with Gasteiger partial charge in [-0.2, -0.15) is 0 Å². The highest BCUT2D eigenvalue weighted by atomic mass is 28.4. The first-order valence-electron chi connectivity index (χ1n) is 17.4. The van der Waals surface area contributed by atoms with Crippen molar-refractivity contribution in [2.45, 2.75) is 72.3 Å². The van der Waals surface area contributed by atoms with Gasteiger partial charge in [0, 0.05) is 28.4 Å². The topological polar surface area (TPSA) is 166 Å². The number of carbonyl (C=O) groups excluding carboxylic acids is 3. The molecule has 4 aromatic rings. The van der Waals surface area contributed by atoms with Crippen LogP contribution >= 0.6 is 0 Å². The molecular weight excluding hydrogens is 687 g/mol. The second-order valence-corrected chi connectivity index (χ2v) is 20.3. The van der Waals surface area contributed by atoms with E-state index in [2.05, 4.69) is 49.5 Å². The van der Waals surface area contributed by atoms with Crippen LogP contribution in [0.25, 0.3) is 11.1 Å². The quantitative estimate of drug-likeness (QED) is 0.0467. The Kier molecular flexibility index (Phi) is 12.6. The Morgan fingerprint density at radius 1 is 0.849 bits per heavy atom. The number of nitrogen functional groups attached to an aromatic ring is 1. The summed E-state index contributed by atoms with van der Waals surface area (Å²) < 4.78 is 17.6. The summed E-state index contributed by atoms with van der Waals surface area (Å²) in [5.41, 5.74) is 7.92. The second-order valence-electron chi connectivity index (χ2n) is 15.5. The third-order valence-corrected chi connectivity index (χ3v) is 14.0. The van der Waals surface area contributed by atoms with Crippen LogP contribution in [0.3, 0.4) is 0 Å². The van der Waals surface area contributed by atoms with Crippen LogP contribution < -0.4 is 21.1 Å². The summed E-state index contributed by atoms with van der Waals surface area (Å²) in [6.45, 7) is 17.3. The fourth-order valence-corrected chi connectivity index (χ4v) is 6.03. The van der Waals surface area contributed by atoms with Crippen LogP contribution in [0.15, 0.2) is 84.9 Å². The van der Waals surface area contributed by atoms with E-state index in [1.165, 1.54) is 13.2 Å². The molecule has 1 atom stereocenters. The number of hydrogen-bond donors (Lipinski definition) is 4. The Balaban J connectivity index is 1.74. The zero-order valence-electron chi connectivity index (χ0n) is 32.0. The average molecular weight is 738 g/mol. The number of anilines is 1. The summed E-state index contributed by atoms with van der Waals surface area (Å²) in [6.07, 6.45) is 0. The molecule has 0 saturated heterocycles. The Labute approximate surface area is 313 Å². The normalized spacial score (nSPS) is 12.4. The van der Waals surface area contributed by atoms with E-state index in [1.54, 1.807) is 48.5 Å². The van der Waals surface area contributed by atoms with Gasteiger partial charge in [-0.15, -0.1) is 0 Å². The van der Waals surface area contributed by atoms with Gasteiger partial charge in [0.1, 0.15) is 18.1 Å². The van der Waals surface area contributed by atoms with Crippen LogP contribution in [0.1, 0.15) is 83.9 Å². The first-order chi connectivity index (χ1) is 24.8. The zero-order chi connectivity index (χ0) is 39.1. The highest BCUT2D eigenvalue weighted by Gasteiger charge is 2.39. The van der Waals surface area contributed by atoms with Crippen LogP contribution in [-0.4, -0.2) is 56.7 Å². The van der Waals surface area contributed by atoms with Crippen molar-refractivity contribution in [3.8, 4) is 17.0 Å². The first-order valence-corrected chi connectivity index (χ1v) is 20.3. The van der Waals surface area contributed by atoms with E-state index in [4.69, 9.17) is 25.0 Å². The SMILES string of the molecule is COc1ccc(-c2ccc(C(=O)N[C@H](CO[Si](C)(C)C(C)(C)C)C(C)(C)C)cc2C(=O)OCc2ccccc2)c(C(=O)Nc2ccc(C(=N)N)cc2)n1. The number of amidine groups is 1. The molecule has 2 amide bonds. The van der Waals surface area contributed by atoms with Crippen molar-refractivity contribution in [3.63, 3.8) is 0 Å². The molecule has 0 fully saturated rings. The molecule has 3 aromatic carbocycles. The van der Waals surface area contributed by atoms with Crippen LogP contribution in [0, 0.1) is 10.8 Å². The van der Waals surface area contributed by atoms with Gasteiger partial charge >= 0.3 is 5.97 Å². The molecule has 0 radical (unpaired) electrons. The Morgan fingerprint density at radius 2 is 1.47 bits per heavy atom. The minimum atomic E-state index is -2.11. The van der Waals surface area contributed by atoms with Gasteiger partial charge in [0.15, 0.2) is 8.32 Å². The lowest BCUT2D eigenvalue weighted by atomic mass is 9.87. The zero-order valence-corrected chi connectivity index (χ0v) is 33.0. The van der Waals surface area contributed by atoms with Gasteiger partial charge in [-0.25, -0.2) is 9.78 Å². The van der Waals surface area contributed by atoms with Gasteiger partial charge in [-0.05, 0) is 77.1 Å². The van der Waals surface area contributed by atoms with Crippen molar-refractivity contribution < 1.29 is 28.3 Å². The third kappa shape index (κ3) is 10.4. The molecule has 1 aromatic heterocycles. The summed E-state index contributed by atoms with van der Waals surface area (Å²) in [4.78, 5) is 46.1. The lowest BCUT2D eigenvalue weighted by Crippen LogP contribution is -2.51. The maximum absolute atomic E-state index is 13.9. The minimum absolute atomic E-state index is 0.00309. The van der Waals surface area contributed by atoms with Crippen LogP contribution in [0.2, 0.25) is 18.1 Å². The highest BCUT2D eigenvalue weighted by Crippen LogP contribution is 2.37. The van der Waals surface area contributed by atoms with Crippen LogP contribution in [-0.2, 0) is 15.8 Å². The number of amides is 2. The number of aromatic nitrogens is 1. The Bertz CT molecular complexity index is 1950. The lowest BCUT2D eigenvalue weighted by molar-refractivity contribution is 0.0473. The van der Waals surface area contributed by atoms with E-state index < -0.39 is 20.2 Å². The number of esters is 1. The molecule has 0 unspecified atom stereocenters. The molecule has 0 aliphatic rings. The molecule has 53 heavy (non-hydrogen) atoms. The maximum atomic E-state index is 13.9. The number of hydrogen-bond acceptors (Lipinski definition) is 8. The lowest BCUT2D eigenvalue weighted by Gasteiger charge is -2.39. The molecule has 0 saturated carbocycles. The number of nitrogens with two attached hydrogens (primary N) is 1. The fourth-order valence-electron chi connectivity index (χ4n) is 5.02. The summed E-state index contributed by atoms with van der Waals surface area (Å²) in [5.74, 6) is -1.56. The van der Waals surface area contributed by atoms with Crippen molar-refractivity contribution in [2.75, 3.05) is 19.0 Å². The van der Waals surface area contributed by atoms with E-state index in [0.717, 1.165) is 5.56 Å². The standard InChI is InChI=1S/C41H51N5O6Si/c1-40(2,3)33(25-52-53(8,9)41(4,5)6)45-37(47)28-17-20-30(32(23-28)39(49)51-24-26-13-11-10-12-14-26)31-21-22-34(50-7)46-35(31)38(48)44-29-18-15-27(16-19-29)36(42)43/h10-23,33H,24-25H2,1-9H3,(H3,42,43)(H,44,48)(H,45,47)/t33-/m1/s1. The van der Waals surface area contributed by atoms with Crippen molar-refractivity contribution in [2.24, 2.45) is 11.1 Å². The number of pyridine rings is 1. The number of nitrogens with zero attached hydrogens (tertiary/aromatic N) is 1. The molecule has 0 spiro atoms. The summed E-state index contributed by atoms with van der Waals surface area (Å²) in [6, 6.07) is 23.3. The molecular formula is C41H51N5O6Si. The number of methoxy groups -OCH3 is 1. The van der Waals surface area contributed by atoms with E-state index in [1.807, 2.05) is 51.1 Å². The Hall–Kier alpha value is -5.33. The van der Waals surface area contributed by atoms with Crippen molar-refractivity contribution in [1.29, 1.82) is 5.41 Å². The van der Waals surface area contributed by atoms with Crippen LogP contribution in [0.4, 0.5) is 5.69 Å². The first kappa shape index (κ1) is 40.4. The smallest absolute Gasteiger partial charge is 0.339 e. The predicted molar refractivity (Wildman–Crippen MR) is 211 cm³/mol. The summed E-state index contributed by atoms with van der Waals surface area (Å²) >= 11 is 0. The fraction of sp³-hybridized carbons (Fsp3) is 0.341. The average Bonchev–Trinajstić information content (AvgIpc) is 3.11.